The quantitative estimate of drug-likeness (QED) is 0.483. The molecule has 4 aromatic rings. The summed E-state index contributed by atoms with van der Waals surface area (Å²) in [6.45, 7) is 8.65. The molecule has 0 unspecified atom stereocenters. The highest BCUT2D eigenvalue weighted by Gasteiger charge is 2.19. The molecule has 0 radical (unpaired) electrons. The molecule has 168 valence electrons. The monoisotopic (exact) mass is 441 g/mol. The fraction of sp³-hybridized carbons (Fsp3) is 0.269. The van der Waals surface area contributed by atoms with Gasteiger partial charge < -0.3 is 19.9 Å². The number of benzene rings is 1. The summed E-state index contributed by atoms with van der Waals surface area (Å²) in [5.74, 6) is 0.514. The van der Waals surface area contributed by atoms with Crippen molar-refractivity contribution in [3.63, 3.8) is 0 Å². The number of aromatic amines is 1. The zero-order chi connectivity index (χ0) is 22.9. The smallest absolute Gasteiger partial charge is 0.259 e. The number of nitrogens with zero attached hydrogens (tertiary/aromatic N) is 3. The molecular formula is C26H27N5O2. The van der Waals surface area contributed by atoms with E-state index < -0.39 is 0 Å². The molecule has 5 rings (SSSR count). The Balaban J connectivity index is 1.54. The lowest BCUT2D eigenvalue weighted by Gasteiger charge is -2.34. The first-order valence-electron chi connectivity index (χ1n) is 11.2. The Morgan fingerprint density at radius 2 is 1.97 bits per heavy atom. The largest absolute Gasteiger partial charge is 0.375 e. The highest BCUT2D eigenvalue weighted by atomic mass is 16.5. The van der Waals surface area contributed by atoms with Gasteiger partial charge in [-0.05, 0) is 74.2 Å². The Hall–Kier alpha value is -3.71. The van der Waals surface area contributed by atoms with Crippen LogP contribution in [0.3, 0.4) is 0 Å². The number of H-pyrrole nitrogens is 1. The number of pyridine rings is 3. The first-order valence-corrected chi connectivity index (χ1v) is 11.2. The lowest BCUT2D eigenvalue weighted by Crippen LogP contribution is -2.41. The molecule has 0 spiro atoms. The molecule has 1 aliphatic rings. The third-order valence-corrected chi connectivity index (χ3v) is 5.95. The van der Waals surface area contributed by atoms with Crippen molar-refractivity contribution >= 4 is 28.0 Å². The summed E-state index contributed by atoms with van der Waals surface area (Å²) in [4.78, 5) is 27.2. The second kappa shape index (κ2) is 8.67. The zero-order valence-corrected chi connectivity index (χ0v) is 19.1. The van der Waals surface area contributed by atoms with Crippen molar-refractivity contribution < 1.29 is 4.74 Å². The average Bonchev–Trinajstić information content (AvgIpc) is 2.79. The number of fused-ring (bicyclic) bond motifs is 1. The Morgan fingerprint density at radius 1 is 1.09 bits per heavy atom. The molecule has 1 aliphatic heterocycles. The van der Waals surface area contributed by atoms with Crippen molar-refractivity contribution in [1.82, 2.24) is 15.0 Å². The predicted molar refractivity (Wildman–Crippen MR) is 132 cm³/mol. The van der Waals surface area contributed by atoms with Gasteiger partial charge in [-0.2, -0.15) is 0 Å². The summed E-state index contributed by atoms with van der Waals surface area (Å²) in [6.07, 6.45) is 1.88. The summed E-state index contributed by atoms with van der Waals surface area (Å²) < 4.78 is 5.68. The Bertz CT molecular complexity index is 1380. The van der Waals surface area contributed by atoms with Crippen LogP contribution >= 0.6 is 0 Å². The van der Waals surface area contributed by atoms with Crippen LogP contribution in [0.5, 0.6) is 0 Å². The fourth-order valence-corrected chi connectivity index (χ4v) is 4.38. The van der Waals surface area contributed by atoms with Crippen LogP contribution in [0.15, 0.2) is 59.5 Å². The van der Waals surface area contributed by atoms with Gasteiger partial charge in [-0.25, -0.2) is 4.98 Å². The molecule has 1 saturated heterocycles. The van der Waals surface area contributed by atoms with E-state index in [2.05, 4.69) is 46.2 Å². The Kier molecular flexibility index (Phi) is 5.56. The van der Waals surface area contributed by atoms with Gasteiger partial charge in [0.25, 0.3) is 5.56 Å². The van der Waals surface area contributed by atoms with E-state index in [1.165, 1.54) is 5.69 Å². The molecule has 0 bridgehead atoms. The van der Waals surface area contributed by atoms with Gasteiger partial charge >= 0.3 is 0 Å². The maximum atomic E-state index is 12.7. The summed E-state index contributed by atoms with van der Waals surface area (Å²) in [7, 11) is 0. The summed E-state index contributed by atoms with van der Waals surface area (Å²) >= 11 is 0. The normalized spacial score (nSPS) is 16.2. The number of rotatable bonds is 4. The second-order valence-electron chi connectivity index (χ2n) is 8.55. The van der Waals surface area contributed by atoms with Crippen molar-refractivity contribution in [1.29, 1.82) is 0 Å². The zero-order valence-electron chi connectivity index (χ0n) is 19.1. The van der Waals surface area contributed by atoms with Gasteiger partial charge in [0.2, 0.25) is 0 Å². The van der Waals surface area contributed by atoms with Gasteiger partial charge in [-0.1, -0.05) is 6.07 Å². The summed E-state index contributed by atoms with van der Waals surface area (Å²) in [5.41, 5.74) is 5.46. The minimum absolute atomic E-state index is 0.179. The molecule has 1 fully saturated rings. The topological polar surface area (TPSA) is 83.1 Å². The van der Waals surface area contributed by atoms with Crippen molar-refractivity contribution in [3.05, 3.63) is 76.3 Å². The highest BCUT2D eigenvalue weighted by Crippen LogP contribution is 2.30. The van der Waals surface area contributed by atoms with E-state index in [1.54, 1.807) is 6.20 Å². The summed E-state index contributed by atoms with van der Waals surface area (Å²) in [5, 5.41) is 4.73. The maximum absolute atomic E-state index is 12.7. The van der Waals surface area contributed by atoms with Gasteiger partial charge in [0.05, 0.1) is 29.5 Å². The van der Waals surface area contributed by atoms with Crippen LogP contribution in [-0.2, 0) is 4.74 Å². The van der Waals surface area contributed by atoms with Crippen LogP contribution in [0.2, 0.25) is 0 Å². The SMILES string of the molecule is Cc1cccc(-c2cc3cc[nH]c(=O)c3c(Nc3ccc(N4CCO[C@H](C)C4)c(C)c3)n2)n1. The van der Waals surface area contributed by atoms with E-state index in [0.717, 1.165) is 53.4 Å². The average molecular weight is 442 g/mol. The lowest BCUT2D eigenvalue weighted by atomic mass is 10.1. The van der Waals surface area contributed by atoms with Crippen LogP contribution in [0.25, 0.3) is 22.2 Å². The van der Waals surface area contributed by atoms with Crippen molar-refractivity contribution in [2.75, 3.05) is 29.9 Å². The molecule has 0 aliphatic carbocycles. The molecule has 7 heteroatoms. The number of morpholine rings is 1. The molecule has 2 N–H and O–H groups in total. The number of aryl methyl sites for hydroxylation is 2. The number of hydrogen-bond donors (Lipinski definition) is 2. The lowest BCUT2D eigenvalue weighted by molar-refractivity contribution is 0.0532. The van der Waals surface area contributed by atoms with Crippen LogP contribution in [0, 0.1) is 13.8 Å². The Morgan fingerprint density at radius 3 is 2.76 bits per heavy atom. The molecule has 7 nitrogen and oxygen atoms in total. The second-order valence-corrected chi connectivity index (χ2v) is 8.55. The van der Waals surface area contributed by atoms with Gasteiger partial charge in [-0.15, -0.1) is 0 Å². The molecule has 1 aromatic carbocycles. The van der Waals surface area contributed by atoms with Crippen LogP contribution in [0.1, 0.15) is 18.2 Å². The molecule has 4 heterocycles. The van der Waals surface area contributed by atoms with E-state index in [4.69, 9.17) is 9.72 Å². The first-order chi connectivity index (χ1) is 16.0. The minimum atomic E-state index is -0.179. The van der Waals surface area contributed by atoms with Crippen molar-refractivity contribution in [2.45, 2.75) is 26.9 Å². The van der Waals surface area contributed by atoms with Gasteiger partial charge in [0, 0.05) is 36.4 Å². The molecule has 0 amide bonds. The van der Waals surface area contributed by atoms with E-state index in [0.29, 0.717) is 11.2 Å². The van der Waals surface area contributed by atoms with Crippen LogP contribution in [0.4, 0.5) is 17.2 Å². The fourth-order valence-electron chi connectivity index (χ4n) is 4.38. The number of nitrogens with one attached hydrogen (secondary N) is 2. The third-order valence-electron chi connectivity index (χ3n) is 5.95. The maximum Gasteiger partial charge on any atom is 0.259 e. The predicted octanol–water partition coefficient (Wildman–Crippen LogP) is 4.57. The summed E-state index contributed by atoms with van der Waals surface area (Å²) in [6, 6.07) is 15.9. The van der Waals surface area contributed by atoms with E-state index in [1.807, 2.05) is 43.3 Å². The van der Waals surface area contributed by atoms with E-state index in [-0.39, 0.29) is 11.7 Å². The van der Waals surface area contributed by atoms with Gasteiger partial charge in [0.15, 0.2) is 0 Å². The first kappa shape index (κ1) is 21.2. The molecular weight excluding hydrogens is 414 g/mol. The molecule has 1 atom stereocenters. The Labute approximate surface area is 192 Å². The third kappa shape index (κ3) is 4.32. The molecule has 33 heavy (non-hydrogen) atoms. The van der Waals surface area contributed by atoms with Crippen molar-refractivity contribution in [3.8, 4) is 11.4 Å². The number of anilines is 3. The van der Waals surface area contributed by atoms with Crippen molar-refractivity contribution in [2.24, 2.45) is 0 Å². The van der Waals surface area contributed by atoms with Gasteiger partial charge in [0.1, 0.15) is 5.82 Å². The number of ether oxygens (including phenoxy) is 1. The molecule has 0 saturated carbocycles. The minimum Gasteiger partial charge on any atom is -0.375 e. The van der Waals surface area contributed by atoms with Crippen LogP contribution < -0.4 is 15.8 Å². The number of aromatic nitrogens is 3. The highest BCUT2D eigenvalue weighted by molar-refractivity contribution is 5.95. The van der Waals surface area contributed by atoms with E-state index in [9.17, 15) is 4.79 Å². The van der Waals surface area contributed by atoms with Gasteiger partial charge in [-0.3, -0.25) is 9.78 Å². The van der Waals surface area contributed by atoms with E-state index >= 15 is 0 Å². The molecule has 3 aromatic heterocycles. The number of hydrogen-bond acceptors (Lipinski definition) is 6. The standard InChI is InChI=1S/C26H27N5O2/c1-16-13-20(7-8-23(16)31-11-12-33-18(3)15-31)29-25-24-19(9-10-27-26(24)32)14-22(30-25)21-6-4-5-17(2)28-21/h4-10,13-14,18H,11-12,15H2,1-3H3,(H,27,32)(H,29,30)/t18-/m1/s1. The van der Waals surface area contributed by atoms with Crippen LogP contribution in [-0.4, -0.2) is 40.8 Å².